The van der Waals surface area contributed by atoms with Gasteiger partial charge in [0.1, 0.15) is 11.3 Å². The quantitative estimate of drug-likeness (QED) is 0.527. The van der Waals surface area contributed by atoms with Crippen LogP contribution in [0.1, 0.15) is 43.4 Å². The fourth-order valence-electron chi connectivity index (χ4n) is 3.37. The Kier molecular flexibility index (Phi) is 7.00. The van der Waals surface area contributed by atoms with Crippen molar-refractivity contribution in [3.8, 4) is 17.2 Å². The predicted molar refractivity (Wildman–Crippen MR) is 117 cm³/mol. The third kappa shape index (κ3) is 4.44. The molecule has 0 aliphatic heterocycles. The minimum absolute atomic E-state index is 0.0226. The number of benzene rings is 2. The minimum Gasteiger partial charge on any atom is -0.505 e. The Bertz CT molecular complexity index is 1050. The molecule has 0 aliphatic rings. The van der Waals surface area contributed by atoms with Gasteiger partial charge in [0.25, 0.3) is 0 Å². The number of ether oxygens (including phenoxy) is 2. The van der Waals surface area contributed by atoms with E-state index in [1.165, 1.54) is 0 Å². The monoisotopic (exact) mass is 428 g/mol. The zero-order valence-electron chi connectivity index (χ0n) is 17.2. The van der Waals surface area contributed by atoms with E-state index in [-0.39, 0.29) is 11.7 Å². The second kappa shape index (κ2) is 9.67. The highest BCUT2D eigenvalue weighted by atomic mass is 35.5. The lowest BCUT2D eigenvalue weighted by molar-refractivity contribution is -0.121. The molecule has 6 nitrogen and oxygen atoms in total. The van der Waals surface area contributed by atoms with Crippen molar-refractivity contribution >= 4 is 28.4 Å². The number of methoxy groups -OCH3 is 2. The van der Waals surface area contributed by atoms with Gasteiger partial charge < -0.3 is 19.9 Å². The molecule has 2 aromatic carbocycles. The maximum atomic E-state index is 12.6. The average Bonchev–Trinajstić information content (AvgIpc) is 2.78. The zero-order chi connectivity index (χ0) is 21.7. The third-order valence-corrected chi connectivity index (χ3v) is 5.27. The molecule has 1 amide bonds. The maximum Gasteiger partial charge on any atom is 0.220 e. The van der Waals surface area contributed by atoms with E-state index in [2.05, 4.69) is 10.3 Å². The molecule has 7 heteroatoms. The van der Waals surface area contributed by atoms with E-state index in [0.717, 1.165) is 18.4 Å². The van der Waals surface area contributed by atoms with Crippen LogP contribution < -0.4 is 14.8 Å². The van der Waals surface area contributed by atoms with Gasteiger partial charge >= 0.3 is 0 Å². The van der Waals surface area contributed by atoms with E-state index in [4.69, 9.17) is 21.1 Å². The van der Waals surface area contributed by atoms with Crippen molar-refractivity contribution in [1.82, 2.24) is 10.3 Å². The topological polar surface area (TPSA) is 80.7 Å². The summed E-state index contributed by atoms with van der Waals surface area (Å²) < 4.78 is 10.7. The maximum absolute atomic E-state index is 12.6. The van der Waals surface area contributed by atoms with Crippen LogP contribution in [0, 0.1) is 0 Å². The first kappa shape index (κ1) is 21.7. The van der Waals surface area contributed by atoms with Crippen LogP contribution in [0.3, 0.4) is 0 Å². The number of aromatic hydroxyl groups is 1. The molecular formula is C23H25ClN2O4. The van der Waals surface area contributed by atoms with Crippen LogP contribution in [0.2, 0.25) is 5.02 Å². The molecule has 158 valence electrons. The lowest BCUT2D eigenvalue weighted by Gasteiger charge is -2.23. The van der Waals surface area contributed by atoms with Crippen molar-refractivity contribution in [2.45, 2.75) is 32.2 Å². The number of halogens is 1. The zero-order valence-corrected chi connectivity index (χ0v) is 18.0. The van der Waals surface area contributed by atoms with E-state index in [9.17, 15) is 9.90 Å². The van der Waals surface area contributed by atoms with Crippen molar-refractivity contribution in [1.29, 1.82) is 0 Å². The molecule has 0 fully saturated rings. The number of rotatable bonds is 8. The average molecular weight is 429 g/mol. The van der Waals surface area contributed by atoms with Crippen molar-refractivity contribution in [3.05, 3.63) is 58.7 Å². The van der Waals surface area contributed by atoms with Crippen molar-refractivity contribution in [3.63, 3.8) is 0 Å². The number of fused-ring (bicyclic) bond motifs is 1. The standard InChI is InChI=1S/C23H25ClN2O4/c1-4-5-8-20(27)26-21(14-9-10-18(29-2)19(12-14)30-3)16-13-17(24)15-7-6-11-25-22(15)23(16)28/h6-7,9-13,21,28H,4-5,8H2,1-3H3,(H,26,27). The van der Waals surface area contributed by atoms with Crippen LogP contribution >= 0.6 is 11.6 Å². The Morgan fingerprint density at radius 3 is 2.67 bits per heavy atom. The van der Waals surface area contributed by atoms with Gasteiger partial charge in [-0.3, -0.25) is 9.78 Å². The normalized spacial score (nSPS) is 11.9. The van der Waals surface area contributed by atoms with Gasteiger partial charge in [0.05, 0.1) is 25.3 Å². The number of phenols is 1. The second-order valence-corrected chi connectivity index (χ2v) is 7.32. The van der Waals surface area contributed by atoms with E-state index < -0.39 is 6.04 Å². The van der Waals surface area contributed by atoms with Gasteiger partial charge in [-0.15, -0.1) is 0 Å². The minimum atomic E-state index is -0.641. The molecule has 0 radical (unpaired) electrons. The number of phenolic OH excluding ortho intramolecular Hbond substituents is 1. The number of carbonyl (C=O) groups is 1. The summed E-state index contributed by atoms with van der Waals surface area (Å²) in [5.41, 5.74) is 1.57. The van der Waals surface area contributed by atoms with Crippen molar-refractivity contribution < 1.29 is 19.4 Å². The molecule has 0 bridgehead atoms. The van der Waals surface area contributed by atoms with Crippen LogP contribution in [0.15, 0.2) is 42.6 Å². The molecule has 1 heterocycles. The number of hydrogen-bond acceptors (Lipinski definition) is 5. The number of unbranched alkanes of at least 4 members (excludes halogenated alkanes) is 1. The van der Waals surface area contributed by atoms with Crippen LogP contribution in [-0.4, -0.2) is 30.2 Å². The number of amides is 1. The molecule has 3 aromatic rings. The smallest absolute Gasteiger partial charge is 0.220 e. The summed E-state index contributed by atoms with van der Waals surface area (Å²) in [6, 6.07) is 9.94. The van der Waals surface area contributed by atoms with Gasteiger partial charge in [0.2, 0.25) is 5.91 Å². The predicted octanol–water partition coefficient (Wildman–Crippen LogP) is 5.01. The summed E-state index contributed by atoms with van der Waals surface area (Å²) in [7, 11) is 3.10. The number of nitrogens with one attached hydrogen (secondary N) is 1. The Balaban J connectivity index is 2.14. The summed E-state index contributed by atoms with van der Waals surface area (Å²) >= 11 is 6.48. The van der Waals surface area contributed by atoms with Gasteiger partial charge in [0, 0.05) is 23.6 Å². The van der Waals surface area contributed by atoms with Crippen LogP contribution in [-0.2, 0) is 4.79 Å². The Hall–Kier alpha value is -2.99. The Morgan fingerprint density at radius 2 is 1.97 bits per heavy atom. The second-order valence-electron chi connectivity index (χ2n) is 6.91. The highest BCUT2D eigenvalue weighted by Gasteiger charge is 2.24. The summed E-state index contributed by atoms with van der Waals surface area (Å²) in [5, 5.41) is 15.1. The number of hydrogen-bond donors (Lipinski definition) is 2. The first-order valence-electron chi connectivity index (χ1n) is 9.77. The first-order valence-corrected chi connectivity index (χ1v) is 10.1. The van der Waals surface area contributed by atoms with E-state index in [1.54, 1.807) is 50.7 Å². The van der Waals surface area contributed by atoms with E-state index >= 15 is 0 Å². The van der Waals surface area contributed by atoms with Crippen LogP contribution in [0.4, 0.5) is 0 Å². The molecule has 1 unspecified atom stereocenters. The first-order chi connectivity index (χ1) is 14.5. The summed E-state index contributed by atoms with van der Waals surface area (Å²) in [6.07, 6.45) is 3.66. The SMILES string of the molecule is CCCCC(=O)NC(c1ccc(OC)c(OC)c1)c1cc(Cl)c2cccnc2c1O. The fraction of sp³-hybridized carbons (Fsp3) is 0.304. The molecule has 1 atom stereocenters. The van der Waals surface area contributed by atoms with Crippen molar-refractivity contribution in [2.24, 2.45) is 0 Å². The summed E-state index contributed by atoms with van der Waals surface area (Å²) in [4.78, 5) is 16.9. The highest BCUT2D eigenvalue weighted by molar-refractivity contribution is 6.35. The Morgan fingerprint density at radius 1 is 1.20 bits per heavy atom. The number of nitrogens with zero attached hydrogens (tertiary/aromatic N) is 1. The molecule has 3 rings (SSSR count). The Labute approximate surface area is 180 Å². The van der Waals surface area contributed by atoms with Gasteiger partial charge in [-0.2, -0.15) is 0 Å². The fourth-order valence-corrected chi connectivity index (χ4v) is 3.64. The lowest BCUT2D eigenvalue weighted by atomic mass is 9.95. The molecular weight excluding hydrogens is 404 g/mol. The van der Waals surface area contributed by atoms with Gasteiger partial charge in [-0.05, 0) is 42.3 Å². The largest absolute Gasteiger partial charge is 0.505 e. The number of carbonyl (C=O) groups excluding carboxylic acids is 1. The van der Waals surface area contributed by atoms with E-state index in [1.807, 2.05) is 13.0 Å². The number of pyridine rings is 1. The molecule has 0 saturated carbocycles. The van der Waals surface area contributed by atoms with Crippen LogP contribution in [0.25, 0.3) is 10.9 Å². The van der Waals surface area contributed by atoms with Gasteiger partial charge in [-0.1, -0.05) is 31.0 Å². The van der Waals surface area contributed by atoms with Gasteiger partial charge in [-0.25, -0.2) is 0 Å². The summed E-state index contributed by atoms with van der Waals surface area (Å²) in [5.74, 6) is 0.950. The molecule has 2 N–H and O–H groups in total. The molecule has 0 aliphatic carbocycles. The van der Waals surface area contributed by atoms with E-state index in [0.29, 0.717) is 39.4 Å². The molecule has 30 heavy (non-hydrogen) atoms. The summed E-state index contributed by atoms with van der Waals surface area (Å²) in [6.45, 7) is 2.03. The molecule has 0 saturated heterocycles. The number of aromatic nitrogens is 1. The van der Waals surface area contributed by atoms with Crippen LogP contribution in [0.5, 0.6) is 17.2 Å². The lowest BCUT2D eigenvalue weighted by Crippen LogP contribution is -2.29. The molecule has 1 aromatic heterocycles. The molecule has 0 spiro atoms. The van der Waals surface area contributed by atoms with Gasteiger partial charge in [0.15, 0.2) is 11.5 Å². The highest BCUT2D eigenvalue weighted by Crippen LogP contribution is 2.40. The van der Waals surface area contributed by atoms with Crippen molar-refractivity contribution in [2.75, 3.05) is 14.2 Å². The third-order valence-electron chi connectivity index (χ3n) is 4.96.